The second-order valence-corrected chi connectivity index (χ2v) is 7.33. The molecule has 2 heterocycles. The van der Waals surface area contributed by atoms with E-state index in [0.717, 1.165) is 30.6 Å². The molecule has 2 saturated heterocycles. The molecule has 1 saturated carbocycles. The van der Waals surface area contributed by atoms with Gasteiger partial charge < -0.3 is 20.4 Å². The van der Waals surface area contributed by atoms with Crippen molar-refractivity contribution in [2.45, 2.75) is 44.7 Å². The number of anilines is 1. The summed E-state index contributed by atoms with van der Waals surface area (Å²) in [7, 11) is 0. The highest BCUT2D eigenvalue weighted by Crippen LogP contribution is 2.37. The van der Waals surface area contributed by atoms with Gasteiger partial charge in [-0.1, -0.05) is 24.6 Å². The van der Waals surface area contributed by atoms with Crippen molar-refractivity contribution in [2.24, 2.45) is 5.92 Å². The Morgan fingerprint density at radius 1 is 1.16 bits per heavy atom. The van der Waals surface area contributed by atoms with Gasteiger partial charge in [0.25, 0.3) is 0 Å². The van der Waals surface area contributed by atoms with Crippen molar-refractivity contribution in [1.29, 1.82) is 0 Å². The van der Waals surface area contributed by atoms with Gasteiger partial charge in [0.2, 0.25) is 0 Å². The maximum absolute atomic E-state index is 12.9. The molecule has 134 valence electrons. The molecule has 0 bridgehead atoms. The number of rotatable bonds is 3. The van der Waals surface area contributed by atoms with E-state index in [0.29, 0.717) is 31.6 Å². The van der Waals surface area contributed by atoms with E-state index in [4.69, 9.17) is 0 Å². The molecule has 6 nitrogen and oxygen atoms in total. The first-order valence-electron chi connectivity index (χ1n) is 9.40. The van der Waals surface area contributed by atoms with E-state index in [9.17, 15) is 9.59 Å². The van der Waals surface area contributed by atoms with Crippen LogP contribution in [0.3, 0.4) is 0 Å². The third-order valence-corrected chi connectivity index (χ3v) is 5.82. The van der Waals surface area contributed by atoms with Crippen molar-refractivity contribution in [3.05, 3.63) is 29.8 Å². The number of piperidine rings is 1. The third-order valence-electron chi connectivity index (χ3n) is 5.82. The van der Waals surface area contributed by atoms with Crippen molar-refractivity contribution in [2.75, 3.05) is 25.0 Å². The number of nitrogens with zero attached hydrogens (tertiary/aromatic N) is 2. The highest BCUT2D eigenvalue weighted by atomic mass is 16.2. The van der Waals surface area contributed by atoms with Gasteiger partial charge in [0.15, 0.2) is 0 Å². The Labute approximate surface area is 148 Å². The summed E-state index contributed by atoms with van der Waals surface area (Å²) < 4.78 is 0. The maximum atomic E-state index is 12.9. The number of amides is 4. The number of hydrogen-bond acceptors (Lipinski definition) is 2. The monoisotopic (exact) mass is 342 g/mol. The van der Waals surface area contributed by atoms with Crippen molar-refractivity contribution in [3.63, 3.8) is 0 Å². The van der Waals surface area contributed by atoms with Crippen LogP contribution in [0.4, 0.5) is 15.3 Å². The summed E-state index contributed by atoms with van der Waals surface area (Å²) in [5.41, 5.74) is 1.79. The van der Waals surface area contributed by atoms with E-state index in [2.05, 4.69) is 10.6 Å². The zero-order chi connectivity index (χ0) is 17.2. The van der Waals surface area contributed by atoms with Crippen LogP contribution < -0.4 is 10.6 Å². The quantitative estimate of drug-likeness (QED) is 0.887. The molecule has 25 heavy (non-hydrogen) atoms. The first-order valence-corrected chi connectivity index (χ1v) is 9.40. The second-order valence-electron chi connectivity index (χ2n) is 7.33. The van der Waals surface area contributed by atoms with Crippen LogP contribution >= 0.6 is 0 Å². The minimum absolute atomic E-state index is 0.00919. The standard InChI is InChI=1S/C19H26N4O2/c24-18-20-10-12-22(18)13-15-5-1-2-8-16(15)21-19(25)23-11-4-7-14-6-3-9-17(14)23/h1-2,5,8,14,17H,3-4,6-7,9-13H2,(H,20,24)(H,21,25)/t14-,17-/m0/s1. The number of benzene rings is 1. The number of carbonyl (C=O) groups excluding carboxylic acids is 2. The number of nitrogens with one attached hydrogen (secondary N) is 2. The molecular weight excluding hydrogens is 316 g/mol. The lowest BCUT2D eigenvalue weighted by Gasteiger charge is -2.37. The first-order chi connectivity index (χ1) is 12.2. The number of carbonyl (C=O) groups is 2. The van der Waals surface area contributed by atoms with Gasteiger partial charge in [-0.2, -0.15) is 0 Å². The Morgan fingerprint density at radius 2 is 2.00 bits per heavy atom. The molecule has 3 aliphatic rings. The number of hydrogen-bond donors (Lipinski definition) is 2. The zero-order valence-electron chi connectivity index (χ0n) is 14.5. The molecule has 2 aliphatic heterocycles. The van der Waals surface area contributed by atoms with Crippen molar-refractivity contribution >= 4 is 17.7 Å². The van der Waals surface area contributed by atoms with Crippen LogP contribution in [0.1, 0.15) is 37.7 Å². The average molecular weight is 342 g/mol. The average Bonchev–Trinajstić information content (AvgIpc) is 3.25. The van der Waals surface area contributed by atoms with Gasteiger partial charge in [-0.3, -0.25) is 0 Å². The Hall–Kier alpha value is -2.24. The van der Waals surface area contributed by atoms with E-state index in [-0.39, 0.29) is 12.1 Å². The fourth-order valence-electron chi connectivity index (χ4n) is 4.54. The highest BCUT2D eigenvalue weighted by Gasteiger charge is 2.37. The Bertz CT molecular complexity index is 663. The second kappa shape index (κ2) is 6.94. The Morgan fingerprint density at radius 3 is 2.84 bits per heavy atom. The van der Waals surface area contributed by atoms with E-state index < -0.39 is 0 Å². The molecule has 0 aromatic heterocycles. The van der Waals surface area contributed by atoms with Crippen LogP contribution in [0, 0.1) is 5.92 Å². The summed E-state index contributed by atoms with van der Waals surface area (Å²) in [5.74, 6) is 0.683. The molecule has 1 aliphatic carbocycles. The predicted molar refractivity (Wildman–Crippen MR) is 96.3 cm³/mol. The summed E-state index contributed by atoms with van der Waals surface area (Å²) in [4.78, 5) is 28.5. The van der Waals surface area contributed by atoms with E-state index >= 15 is 0 Å². The van der Waals surface area contributed by atoms with Crippen LogP contribution in [-0.4, -0.2) is 47.5 Å². The summed E-state index contributed by atoms with van der Waals surface area (Å²) >= 11 is 0. The van der Waals surface area contributed by atoms with Gasteiger partial charge in [0, 0.05) is 37.9 Å². The largest absolute Gasteiger partial charge is 0.336 e. The molecule has 0 spiro atoms. The molecule has 4 amide bonds. The maximum Gasteiger partial charge on any atom is 0.322 e. The van der Waals surface area contributed by atoms with Crippen LogP contribution in [0.15, 0.2) is 24.3 Å². The first kappa shape index (κ1) is 16.2. The molecule has 0 unspecified atom stereocenters. The lowest BCUT2D eigenvalue weighted by Crippen LogP contribution is -2.48. The van der Waals surface area contributed by atoms with Crippen molar-refractivity contribution in [1.82, 2.24) is 15.1 Å². The molecule has 2 atom stereocenters. The molecule has 1 aromatic carbocycles. The lowest BCUT2D eigenvalue weighted by atomic mass is 9.92. The van der Waals surface area contributed by atoms with Gasteiger partial charge >= 0.3 is 12.1 Å². The summed E-state index contributed by atoms with van der Waals surface area (Å²) in [5, 5.41) is 5.93. The Balaban J connectivity index is 1.46. The van der Waals surface area contributed by atoms with E-state index in [1.807, 2.05) is 29.2 Å². The molecule has 3 fully saturated rings. The van der Waals surface area contributed by atoms with Gasteiger partial charge in [-0.15, -0.1) is 0 Å². The van der Waals surface area contributed by atoms with Gasteiger partial charge in [0.1, 0.15) is 0 Å². The number of likely N-dealkylation sites (tertiary alicyclic amines) is 1. The molecule has 1 aromatic rings. The number of fused-ring (bicyclic) bond motifs is 1. The predicted octanol–water partition coefficient (Wildman–Crippen LogP) is 3.01. The van der Waals surface area contributed by atoms with Crippen molar-refractivity contribution < 1.29 is 9.59 Å². The van der Waals surface area contributed by atoms with Gasteiger partial charge in [-0.05, 0) is 43.2 Å². The smallest absolute Gasteiger partial charge is 0.322 e. The molecule has 4 rings (SSSR count). The summed E-state index contributed by atoms with van der Waals surface area (Å²) in [6, 6.07) is 8.17. The topological polar surface area (TPSA) is 64.7 Å². The number of para-hydroxylation sites is 1. The summed E-state index contributed by atoms with van der Waals surface area (Å²) in [6.45, 7) is 2.76. The van der Waals surface area contributed by atoms with Crippen LogP contribution in [0.25, 0.3) is 0 Å². The summed E-state index contributed by atoms with van der Waals surface area (Å²) in [6.07, 6.45) is 5.99. The van der Waals surface area contributed by atoms with Crippen molar-refractivity contribution in [3.8, 4) is 0 Å². The van der Waals surface area contributed by atoms with Crippen LogP contribution in [-0.2, 0) is 6.54 Å². The normalized spacial score (nSPS) is 25.7. The molecule has 0 radical (unpaired) electrons. The van der Waals surface area contributed by atoms with E-state index in [1.54, 1.807) is 4.90 Å². The third kappa shape index (κ3) is 3.30. The highest BCUT2D eigenvalue weighted by molar-refractivity contribution is 5.90. The minimum Gasteiger partial charge on any atom is -0.336 e. The van der Waals surface area contributed by atoms with Crippen LogP contribution in [0.5, 0.6) is 0 Å². The van der Waals surface area contributed by atoms with Gasteiger partial charge in [0.05, 0.1) is 0 Å². The molecule has 6 heteroatoms. The Kier molecular flexibility index (Phi) is 4.51. The minimum atomic E-state index is -0.0362. The molecule has 2 N–H and O–H groups in total. The fourth-order valence-corrected chi connectivity index (χ4v) is 4.54. The molecular formula is C19H26N4O2. The van der Waals surface area contributed by atoms with E-state index in [1.165, 1.54) is 19.3 Å². The van der Waals surface area contributed by atoms with Crippen LogP contribution in [0.2, 0.25) is 0 Å². The lowest BCUT2D eigenvalue weighted by molar-refractivity contribution is 0.138. The fraction of sp³-hybridized carbons (Fsp3) is 0.579. The number of urea groups is 2. The van der Waals surface area contributed by atoms with Gasteiger partial charge in [-0.25, -0.2) is 9.59 Å². The SMILES string of the molecule is O=C1NCCN1Cc1ccccc1NC(=O)N1CCC[C@@H]2CCC[C@@H]21. The zero-order valence-corrected chi connectivity index (χ0v) is 14.5.